The van der Waals surface area contributed by atoms with Gasteiger partial charge in [0.05, 0.1) is 12.2 Å². The second-order valence-corrected chi connectivity index (χ2v) is 5.91. The average Bonchev–Trinajstić information content (AvgIpc) is 2.82. The molecule has 0 bridgehead atoms. The average molecular weight is 311 g/mol. The minimum atomic E-state index is -3.87. The van der Waals surface area contributed by atoms with Gasteiger partial charge in [-0.3, -0.25) is 4.79 Å². The Morgan fingerprint density at radius 1 is 1.43 bits per heavy atom. The molecular formula is C11H13N5O4S. The van der Waals surface area contributed by atoms with E-state index in [-0.39, 0.29) is 28.5 Å². The lowest BCUT2D eigenvalue weighted by atomic mass is 10.2. The fourth-order valence-electron chi connectivity index (χ4n) is 1.60. The molecule has 1 aromatic heterocycles. The monoisotopic (exact) mass is 311 g/mol. The Labute approximate surface area is 120 Å². The molecule has 0 aliphatic heterocycles. The van der Waals surface area contributed by atoms with Crippen molar-refractivity contribution in [3.05, 3.63) is 35.5 Å². The molecule has 21 heavy (non-hydrogen) atoms. The van der Waals surface area contributed by atoms with Crippen LogP contribution >= 0.6 is 0 Å². The summed E-state index contributed by atoms with van der Waals surface area (Å²) in [5.41, 5.74) is 10.8. The summed E-state index contributed by atoms with van der Waals surface area (Å²) in [5.74, 6) is -0.168. The molecule has 0 radical (unpaired) electrons. The number of carbonyl (C=O) groups is 1. The number of carbonyl (C=O) groups excluding carboxylic acids is 1. The molecule has 0 spiro atoms. The molecule has 0 atom stereocenters. The van der Waals surface area contributed by atoms with E-state index in [1.54, 1.807) is 6.92 Å². The van der Waals surface area contributed by atoms with Gasteiger partial charge in [-0.15, -0.1) is 0 Å². The first-order chi connectivity index (χ1) is 9.79. The molecule has 0 aliphatic rings. The van der Waals surface area contributed by atoms with Gasteiger partial charge in [0.25, 0.3) is 0 Å². The number of nitrogens with two attached hydrogens (primary N) is 2. The van der Waals surface area contributed by atoms with E-state index in [1.807, 2.05) is 0 Å². The molecular weight excluding hydrogens is 298 g/mol. The van der Waals surface area contributed by atoms with Crippen molar-refractivity contribution in [2.75, 3.05) is 5.73 Å². The van der Waals surface area contributed by atoms with Crippen molar-refractivity contribution in [1.82, 2.24) is 14.9 Å². The zero-order valence-corrected chi connectivity index (χ0v) is 11.8. The maximum atomic E-state index is 12.1. The second-order valence-electron chi connectivity index (χ2n) is 4.17. The Morgan fingerprint density at radius 3 is 2.67 bits per heavy atom. The Morgan fingerprint density at radius 2 is 2.14 bits per heavy atom. The van der Waals surface area contributed by atoms with Crippen LogP contribution in [0.5, 0.6) is 0 Å². The predicted octanol–water partition coefficient (Wildman–Crippen LogP) is -0.462. The zero-order chi connectivity index (χ0) is 15.6. The van der Waals surface area contributed by atoms with Gasteiger partial charge in [-0.1, -0.05) is 5.16 Å². The molecule has 0 fully saturated rings. The third-order valence-electron chi connectivity index (χ3n) is 2.57. The number of sulfonamides is 1. The van der Waals surface area contributed by atoms with Gasteiger partial charge < -0.3 is 16.0 Å². The first kappa shape index (κ1) is 14.9. The van der Waals surface area contributed by atoms with Crippen LogP contribution in [-0.2, 0) is 16.6 Å². The number of benzene rings is 1. The van der Waals surface area contributed by atoms with E-state index in [2.05, 4.69) is 14.9 Å². The number of primary amides is 1. The van der Waals surface area contributed by atoms with Crippen molar-refractivity contribution in [2.45, 2.75) is 18.4 Å². The third-order valence-corrected chi connectivity index (χ3v) is 4.05. The van der Waals surface area contributed by atoms with Gasteiger partial charge in [-0.25, -0.2) is 13.1 Å². The topological polar surface area (TPSA) is 154 Å². The fraction of sp³-hybridized carbons (Fsp3) is 0.182. The smallest absolute Gasteiger partial charge is 0.248 e. The third kappa shape index (κ3) is 3.35. The molecule has 10 heteroatoms. The summed E-state index contributed by atoms with van der Waals surface area (Å²) >= 11 is 0. The van der Waals surface area contributed by atoms with E-state index in [1.165, 1.54) is 18.2 Å². The van der Waals surface area contributed by atoms with Crippen molar-refractivity contribution in [3.8, 4) is 0 Å². The van der Waals surface area contributed by atoms with Crippen molar-refractivity contribution in [2.24, 2.45) is 5.73 Å². The van der Waals surface area contributed by atoms with Crippen LogP contribution < -0.4 is 16.2 Å². The highest BCUT2D eigenvalue weighted by Crippen LogP contribution is 2.19. The quantitative estimate of drug-likeness (QED) is 0.631. The highest BCUT2D eigenvalue weighted by atomic mass is 32.2. The van der Waals surface area contributed by atoms with E-state index in [0.717, 1.165) is 0 Å². The molecule has 1 heterocycles. The highest BCUT2D eigenvalue weighted by molar-refractivity contribution is 7.89. The number of aromatic nitrogens is 2. The summed E-state index contributed by atoms with van der Waals surface area (Å²) in [6.07, 6.45) is 0. The predicted molar refractivity (Wildman–Crippen MR) is 72.4 cm³/mol. The van der Waals surface area contributed by atoms with E-state index in [9.17, 15) is 13.2 Å². The normalized spacial score (nSPS) is 11.5. The van der Waals surface area contributed by atoms with E-state index in [4.69, 9.17) is 16.0 Å². The van der Waals surface area contributed by atoms with Gasteiger partial charge in [0.1, 0.15) is 4.90 Å². The molecule has 2 aromatic rings. The molecule has 2 rings (SSSR count). The Bertz CT molecular complexity index is 784. The first-order valence-electron chi connectivity index (χ1n) is 5.78. The number of hydrogen-bond acceptors (Lipinski definition) is 7. The van der Waals surface area contributed by atoms with Crippen LogP contribution in [0.2, 0.25) is 0 Å². The summed E-state index contributed by atoms with van der Waals surface area (Å²) in [4.78, 5) is 14.7. The van der Waals surface area contributed by atoms with Crippen molar-refractivity contribution in [3.63, 3.8) is 0 Å². The Kier molecular flexibility index (Phi) is 3.91. The lowest BCUT2D eigenvalue weighted by Gasteiger charge is -2.08. The Balaban J connectivity index is 2.21. The molecule has 0 unspecified atom stereocenters. The van der Waals surface area contributed by atoms with Crippen LogP contribution in [0.4, 0.5) is 5.69 Å². The SMILES string of the molecule is Cc1nc(CNS(=O)(=O)c2ccc(C(N)=O)cc2N)no1. The van der Waals surface area contributed by atoms with Crippen molar-refractivity contribution in [1.29, 1.82) is 0 Å². The van der Waals surface area contributed by atoms with Crippen LogP contribution in [0.25, 0.3) is 0 Å². The van der Waals surface area contributed by atoms with Crippen LogP contribution in [0, 0.1) is 6.92 Å². The lowest BCUT2D eigenvalue weighted by molar-refractivity contribution is 0.1000. The minimum Gasteiger partial charge on any atom is -0.398 e. The molecule has 1 amide bonds. The minimum absolute atomic E-state index is 0.0805. The molecule has 0 saturated carbocycles. The number of amides is 1. The molecule has 0 aliphatic carbocycles. The number of anilines is 1. The summed E-state index contributed by atoms with van der Waals surface area (Å²) in [6.45, 7) is 1.45. The summed E-state index contributed by atoms with van der Waals surface area (Å²) in [7, 11) is -3.87. The Hall–Kier alpha value is -2.46. The number of rotatable bonds is 5. The zero-order valence-electron chi connectivity index (χ0n) is 11.0. The van der Waals surface area contributed by atoms with E-state index < -0.39 is 15.9 Å². The molecule has 5 N–H and O–H groups in total. The maximum absolute atomic E-state index is 12.1. The number of nitrogen functional groups attached to an aromatic ring is 1. The largest absolute Gasteiger partial charge is 0.398 e. The summed E-state index contributed by atoms with van der Waals surface area (Å²) in [5, 5.41) is 3.57. The van der Waals surface area contributed by atoms with Crippen molar-refractivity contribution >= 4 is 21.6 Å². The summed E-state index contributed by atoms with van der Waals surface area (Å²) in [6, 6.07) is 3.69. The summed E-state index contributed by atoms with van der Waals surface area (Å²) < 4.78 is 31.3. The number of aryl methyl sites for hydroxylation is 1. The lowest BCUT2D eigenvalue weighted by Crippen LogP contribution is -2.25. The number of hydrogen-bond donors (Lipinski definition) is 3. The van der Waals surface area contributed by atoms with Crippen LogP contribution in [-0.4, -0.2) is 24.5 Å². The molecule has 9 nitrogen and oxygen atoms in total. The van der Waals surface area contributed by atoms with Crippen LogP contribution in [0.1, 0.15) is 22.1 Å². The molecule has 0 saturated heterocycles. The molecule has 1 aromatic carbocycles. The van der Waals surface area contributed by atoms with Gasteiger partial charge >= 0.3 is 0 Å². The van der Waals surface area contributed by atoms with Crippen molar-refractivity contribution < 1.29 is 17.7 Å². The second kappa shape index (κ2) is 5.50. The molecule has 112 valence electrons. The maximum Gasteiger partial charge on any atom is 0.248 e. The van der Waals surface area contributed by atoms with E-state index >= 15 is 0 Å². The number of nitrogens with one attached hydrogen (secondary N) is 1. The van der Waals surface area contributed by atoms with Crippen LogP contribution in [0.3, 0.4) is 0 Å². The van der Waals surface area contributed by atoms with Gasteiger partial charge in [-0.2, -0.15) is 4.98 Å². The van der Waals surface area contributed by atoms with E-state index in [0.29, 0.717) is 5.89 Å². The van der Waals surface area contributed by atoms with Gasteiger partial charge in [-0.05, 0) is 18.2 Å². The highest BCUT2D eigenvalue weighted by Gasteiger charge is 2.19. The van der Waals surface area contributed by atoms with Crippen LogP contribution in [0.15, 0.2) is 27.6 Å². The fourth-order valence-corrected chi connectivity index (χ4v) is 2.69. The first-order valence-corrected chi connectivity index (χ1v) is 7.26. The standard InChI is InChI=1S/C11H13N5O4S/c1-6-15-10(16-20-6)5-14-21(18,19)9-3-2-7(11(13)17)4-8(9)12/h2-4,14H,5,12H2,1H3,(H2,13,17). The van der Waals surface area contributed by atoms with Gasteiger partial charge in [0.2, 0.25) is 21.8 Å². The van der Waals surface area contributed by atoms with Gasteiger partial charge in [0, 0.05) is 12.5 Å². The van der Waals surface area contributed by atoms with Gasteiger partial charge in [0.15, 0.2) is 5.82 Å². The number of nitrogens with zero attached hydrogens (tertiary/aromatic N) is 2.